The lowest BCUT2D eigenvalue weighted by atomic mass is 10.2. The minimum atomic E-state index is -0.196. The molecule has 0 atom stereocenters. The topological polar surface area (TPSA) is 49.3 Å². The Morgan fingerprint density at radius 3 is 3.00 bits per heavy atom. The van der Waals surface area contributed by atoms with Crippen LogP contribution in [0.15, 0.2) is 18.2 Å². The van der Waals surface area contributed by atoms with E-state index < -0.39 is 0 Å². The molecule has 1 aromatic rings. The van der Waals surface area contributed by atoms with Crippen molar-refractivity contribution in [2.75, 3.05) is 23.9 Å². The number of anilines is 1. The van der Waals surface area contributed by atoms with Crippen LogP contribution in [0, 0.1) is 11.8 Å². The Morgan fingerprint density at radius 2 is 2.33 bits per heavy atom. The van der Waals surface area contributed by atoms with Crippen molar-refractivity contribution < 1.29 is 9.90 Å². The summed E-state index contributed by atoms with van der Waals surface area (Å²) >= 11 is 7.61. The van der Waals surface area contributed by atoms with E-state index in [0.717, 1.165) is 5.75 Å². The number of carbonyl (C=O) groups is 1. The summed E-state index contributed by atoms with van der Waals surface area (Å²) in [6.07, 6.45) is 2.40. The highest BCUT2D eigenvalue weighted by Crippen LogP contribution is 2.23. The van der Waals surface area contributed by atoms with Crippen LogP contribution in [0.25, 0.3) is 0 Å². The Labute approximate surface area is 116 Å². The number of carbonyl (C=O) groups excluding carboxylic acids is 1. The number of amides is 1. The molecule has 3 nitrogen and oxygen atoms in total. The molecule has 1 amide bonds. The average molecular weight is 284 g/mol. The van der Waals surface area contributed by atoms with Crippen LogP contribution in [0.1, 0.15) is 12.0 Å². The number of thioether (sulfide) groups is 1. The molecular formula is C13H14ClNO2S. The van der Waals surface area contributed by atoms with Crippen molar-refractivity contribution in [2.24, 2.45) is 0 Å². The zero-order valence-electron chi connectivity index (χ0n) is 10.00. The lowest BCUT2D eigenvalue weighted by Crippen LogP contribution is -2.12. The SMILES string of the molecule is CSCCC(=O)Nc1cc(C#CCO)ccc1Cl. The monoisotopic (exact) mass is 283 g/mol. The molecule has 0 unspecified atom stereocenters. The number of halogens is 1. The second-order valence-corrected chi connectivity index (χ2v) is 4.84. The maximum absolute atomic E-state index is 11.6. The number of aliphatic hydroxyl groups excluding tert-OH is 1. The van der Waals surface area contributed by atoms with Gasteiger partial charge in [0.1, 0.15) is 6.61 Å². The van der Waals surface area contributed by atoms with Crippen LogP contribution in [0.5, 0.6) is 0 Å². The van der Waals surface area contributed by atoms with Crippen LogP contribution < -0.4 is 5.32 Å². The molecular weight excluding hydrogens is 270 g/mol. The summed E-state index contributed by atoms with van der Waals surface area (Å²) in [7, 11) is 0. The lowest BCUT2D eigenvalue weighted by molar-refractivity contribution is -0.115. The average Bonchev–Trinajstić information content (AvgIpc) is 2.37. The zero-order chi connectivity index (χ0) is 13.4. The minimum Gasteiger partial charge on any atom is -0.384 e. The molecule has 1 aromatic carbocycles. The number of aliphatic hydroxyl groups is 1. The minimum absolute atomic E-state index is 0.0708. The van der Waals surface area contributed by atoms with E-state index in [-0.39, 0.29) is 12.5 Å². The van der Waals surface area contributed by atoms with Gasteiger partial charge < -0.3 is 10.4 Å². The molecule has 0 aromatic heterocycles. The van der Waals surface area contributed by atoms with E-state index in [1.165, 1.54) is 0 Å². The molecule has 0 radical (unpaired) electrons. The third-order valence-electron chi connectivity index (χ3n) is 2.09. The summed E-state index contributed by atoms with van der Waals surface area (Å²) in [5.74, 6) is 6.01. The largest absolute Gasteiger partial charge is 0.384 e. The standard InChI is InChI=1S/C13H14ClNO2S/c1-18-8-6-13(17)15-12-9-10(3-2-7-16)4-5-11(12)14/h4-5,9,16H,6-8H2,1H3,(H,15,17). The first-order chi connectivity index (χ1) is 8.67. The van der Waals surface area contributed by atoms with E-state index in [4.69, 9.17) is 16.7 Å². The number of rotatable bonds is 4. The predicted molar refractivity (Wildman–Crippen MR) is 77.0 cm³/mol. The van der Waals surface area contributed by atoms with Gasteiger partial charge in [0.25, 0.3) is 0 Å². The van der Waals surface area contributed by atoms with Gasteiger partial charge in [0.05, 0.1) is 10.7 Å². The van der Waals surface area contributed by atoms with Crippen LogP contribution in [0.3, 0.4) is 0 Å². The second kappa shape index (κ2) is 8.04. The van der Waals surface area contributed by atoms with E-state index in [1.807, 2.05) is 6.26 Å². The molecule has 0 aliphatic heterocycles. The van der Waals surface area contributed by atoms with Crippen LogP contribution >= 0.6 is 23.4 Å². The molecule has 0 aliphatic rings. The number of nitrogens with one attached hydrogen (secondary N) is 1. The maximum Gasteiger partial charge on any atom is 0.225 e. The van der Waals surface area contributed by atoms with Gasteiger partial charge in [-0.15, -0.1) is 0 Å². The summed E-state index contributed by atoms with van der Waals surface area (Å²) in [6.45, 7) is -0.196. The Bertz CT molecular complexity index is 480. The van der Waals surface area contributed by atoms with E-state index in [9.17, 15) is 4.79 Å². The fraction of sp³-hybridized carbons (Fsp3) is 0.308. The van der Waals surface area contributed by atoms with Crippen molar-refractivity contribution in [3.05, 3.63) is 28.8 Å². The molecule has 2 N–H and O–H groups in total. The molecule has 96 valence electrons. The Hall–Kier alpha value is -1.15. The van der Waals surface area contributed by atoms with Crippen LogP contribution in [-0.4, -0.2) is 29.6 Å². The van der Waals surface area contributed by atoms with Crippen molar-refractivity contribution in [3.63, 3.8) is 0 Å². The third kappa shape index (κ3) is 5.01. The van der Waals surface area contributed by atoms with Crippen LogP contribution in [0.2, 0.25) is 5.02 Å². The first-order valence-electron chi connectivity index (χ1n) is 5.35. The van der Waals surface area contributed by atoms with E-state index >= 15 is 0 Å². The van der Waals surface area contributed by atoms with E-state index in [0.29, 0.717) is 22.7 Å². The Morgan fingerprint density at radius 1 is 1.56 bits per heavy atom. The highest BCUT2D eigenvalue weighted by atomic mass is 35.5. The Balaban J connectivity index is 2.77. The number of hydrogen-bond acceptors (Lipinski definition) is 3. The number of benzene rings is 1. The molecule has 0 heterocycles. The molecule has 0 aliphatic carbocycles. The van der Waals surface area contributed by atoms with Crippen LogP contribution in [0.4, 0.5) is 5.69 Å². The molecule has 18 heavy (non-hydrogen) atoms. The van der Waals surface area contributed by atoms with Gasteiger partial charge in [-0.2, -0.15) is 11.8 Å². The number of hydrogen-bond donors (Lipinski definition) is 2. The lowest BCUT2D eigenvalue weighted by Gasteiger charge is -2.07. The molecule has 0 saturated heterocycles. The van der Waals surface area contributed by atoms with Gasteiger partial charge in [-0.05, 0) is 24.5 Å². The van der Waals surface area contributed by atoms with Crippen molar-refractivity contribution in [3.8, 4) is 11.8 Å². The van der Waals surface area contributed by atoms with Gasteiger partial charge in [-0.25, -0.2) is 0 Å². The molecule has 0 saturated carbocycles. The van der Waals surface area contributed by atoms with Gasteiger partial charge in [0, 0.05) is 17.7 Å². The maximum atomic E-state index is 11.6. The summed E-state index contributed by atoms with van der Waals surface area (Å²) in [5.41, 5.74) is 1.25. The quantitative estimate of drug-likeness (QED) is 0.834. The van der Waals surface area contributed by atoms with E-state index in [1.54, 1.807) is 30.0 Å². The van der Waals surface area contributed by atoms with Gasteiger partial charge in [-0.3, -0.25) is 4.79 Å². The van der Waals surface area contributed by atoms with Crippen molar-refractivity contribution >= 4 is 35.0 Å². The zero-order valence-corrected chi connectivity index (χ0v) is 11.6. The van der Waals surface area contributed by atoms with Crippen molar-refractivity contribution in [2.45, 2.75) is 6.42 Å². The smallest absolute Gasteiger partial charge is 0.225 e. The van der Waals surface area contributed by atoms with Gasteiger partial charge in [0.15, 0.2) is 0 Å². The summed E-state index contributed by atoms with van der Waals surface area (Å²) in [6, 6.07) is 5.11. The van der Waals surface area contributed by atoms with Crippen LogP contribution in [-0.2, 0) is 4.79 Å². The summed E-state index contributed by atoms with van der Waals surface area (Å²) in [4.78, 5) is 11.6. The highest BCUT2D eigenvalue weighted by molar-refractivity contribution is 7.98. The van der Waals surface area contributed by atoms with Crippen molar-refractivity contribution in [1.29, 1.82) is 0 Å². The van der Waals surface area contributed by atoms with Crippen molar-refractivity contribution in [1.82, 2.24) is 0 Å². The molecule has 0 spiro atoms. The molecule has 0 bridgehead atoms. The van der Waals surface area contributed by atoms with Gasteiger partial charge in [-0.1, -0.05) is 23.4 Å². The first-order valence-corrected chi connectivity index (χ1v) is 7.12. The molecule has 5 heteroatoms. The fourth-order valence-electron chi connectivity index (χ4n) is 1.25. The second-order valence-electron chi connectivity index (χ2n) is 3.45. The normalized spacial score (nSPS) is 9.50. The molecule has 0 fully saturated rings. The third-order valence-corrected chi connectivity index (χ3v) is 3.03. The predicted octanol–water partition coefficient (Wildman–Crippen LogP) is 2.38. The summed E-state index contributed by atoms with van der Waals surface area (Å²) in [5, 5.41) is 11.8. The van der Waals surface area contributed by atoms with E-state index in [2.05, 4.69) is 17.2 Å². The highest BCUT2D eigenvalue weighted by Gasteiger charge is 2.06. The van der Waals surface area contributed by atoms with Gasteiger partial charge >= 0.3 is 0 Å². The fourth-order valence-corrected chi connectivity index (χ4v) is 1.80. The molecule has 1 rings (SSSR count). The first kappa shape index (κ1) is 14.9. The van der Waals surface area contributed by atoms with Gasteiger partial charge in [0.2, 0.25) is 5.91 Å². The Kier molecular flexibility index (Phi) is 6.66. The summed E-state index contributed by atoms with van der Waals surface area (Å²) < 4.78 is 0.